The first-order valence-corrected chi connectivity index (χ1v) is 8.72. The van der Waals surface area contributed by atoms with E-state index in [9.17, 15) is 4.79 Å². The van der Waals surface area contributed by atoms with E-state index < -0.39 is 0 Å². The summed E-state index contributed by atoms with van der Waals surface area (Å²) in [5.41, 5.74) is 0.968. The molecule has 0 heterocycles. The average Bonchev–Trinajstić information content (AvgIpc) is 2.81. The number of carbonyl (C=O) groups is 1. The third-order valence-electron chi connectivity index (χ3n) is 7.81. The minimum Gasteiger partial charge on any atom is -0.300 e. The lowest BCUT2D eigenvalue weighted by atomic mass is 9.45. The third kappa shape index (κ3) is 1.64. The summed E-state index contributed by atoms with van der Waals surface area (Å²) in [7, 11) is 0. The highest BCUT2D eigenvalue weighted by Gasteiger charge is 2.56. The first-order valence-electron chi connectivity index (χ1n) is 8.72. The van der Waals surface area contributed by atoms with Crippen molar-refractivity contribution in [3.8, 4) is 0 Å². The molecule has 0 amide bonds. The number of ketones is 1. The second-order valence-electron chi connectivity index (χ2n) is 8.58. The highest BCUT2D eigenvalue weighted by atomic mass is 16.1. The van der Waals surface area contributed by atoms with Gasteiger partial charge < -0.3 is 0 Å². The van der Waals surface area contributed by atoms with E-state index in [-0.39, 0.29) is 0 Å². The fourth-order valence-corrected chi connectivity index (χ4v) is 6.53. The quantitative estimate of drug-likeness (QED) is 0.581. The van der Waals surface area contributed by atoms with Crippen molar-refractivity contribution in [2.24, 2.45) is 34.5 Å². The van der Waals surface area contributed by atoms with Gasteiger partial charge in [-0.05, 0) is 73.0 Å². The van der Waals surface area contributed by atoms with Crippen LogP contribution in [0.1, 0.15) is 65.2 Å². The standard InChI is InChI=1S/C19H28O/c1-18-9-3-4-16(18)15-6-5-13-12-14(20)7-11-19(13,2)17(15)8-10-18/h3,9,13,15-17H,4-8,10-12H2,1-2H3/t13?,15?,16?,17?,18-,19-/m0/s1. The van der Waals surface area contributed by atoms with Crippen LogP contribution >= 0.6 is 0 Å². The van der Waals surface area contributed by atoms with Crippen LogP contribution in [0.25, 0.3) is 0 Å². The summed E-state index contributed by atoms with van der Waals surface area (Å²) in [6.07, 6.45) is 14.7. The molecule has 0 N–H and O–H groups in total. The first kappa shape index (κ1) is 13.1. The molecule has 0 aromatic rings. The SMILES string of the molecule is C[C@]12CCC(=O)CC1CCC1C2CC[C@]2(C)C=CCC12. The Kier molecular flexibility index (Phi) is 2.76. The van der Waals surface area contributed by atoms with E-state index in [1.165, 1.54) is 38.5 Å². The number of rotatable bonds is 0. The number of carbonyl (C=O) groups excluding carboxylic acids is 1. The van der Waals surface area contributed by atoms with Crippen LogP contribution in [0.5, 0.6) is 0 Å². The van der Waals surface area contributed by atoms with Gasteiger partial charge >= 0.3 is 0 Å². The molecule has 20 heavy (non-hydrogen) atoms. The molecule has 4 unspecified atom stereocenters. The van der Waals surface area contributed by atoms with E-state index >= 15 is 0 Å². The summed E-state index contributed by atoms with van der Waals surface area (Å²) in [6.45, 7) is 5.03. The number of hydrogen-bond donors (Lipinski definition) is 0. The minimum absolute atomic E-state index is 0.473. The van der Waals surface area contributed by atoms with Gasteiger partial charge in [-0.15, -0.1) is 0 Å². The summed E-state index contributed by atoms with van der Waals surface area (Å²) in [4.78, 5) is 11.8. The van der Waals surface area contributed by atoms with Crippen molar-refractivity contribution >= 4 is 5.78 Å². The van der Waals surface area contributed by atoms with Gasteiger partial charge in [0.2, 0.25) is 0 Å². The Morgan fingerprint density at radius 1 is 1.10 bits per heavy atom. The van der Waals surface area contributed by atoms with Crippen molar-refractivity contribution in [1.29, 1.82) is 0 Å². The van der Waals surface area contributed by atoms with Crippen LogP contribution in [-0.4, -0.2) is 5.78 Å². The van der Waals surface area contributed by atoms with Crippen LogP contribution < -0.4 is 0 Å². The maximum Gasteiger partial charge on any atom is 0.133 e. The highest BCUT2D eigenvalue weighted by molar-refractivity contribution is 5.79. The van der Waals surface area contributed by atoms with E-state index in [4.69, 9.17) is 0 Å². The normalized spacial score (nSPS) is 54.2. The van der Waals surface area contributed by atoms with Crippen LogP contribution in [0.4, 0.5) is 0 Å². The third-order valence-corrected chi connectivity index (χ3v) is 7.81. The molecule has 4 aliphatic carbocycles. The molecule has 4 aliphatic rings. The van der Waals surface area contributed by atoms with E-state index in [1.54, 1.807) is 0 Å². The van der Waals surface area contributed by atoms with Crippen LogP contribution in [0.3, 0.4) is 0 Å². The molecule has 0 radical (unpaired) electrons. The molecule has 110 valence electrons. The number of fused-ring (bicyclic) bond motifs is 5. The Morgan fingerprint density at radius 2 is 1.95 bits per heavy atom. The fraction of sp³-hybridized carbons (Fsp3) is 0.842. The van der Waals surface area contributed by atoms with Crippen molar-refractivity contribution in [3.05, 3.63) is 12.2 Å². The second kappa shape index (κ2) is 4.21. The lowest BCUT2D eigenvalue weighted by molar-refractivity contribution is -0.136. The smallest absolute Gasteiger partial charge is 0.133 e. The van der Waals surface area contributed by atoms with Crippen LogP contribution in [0.15, 0.2) is 12.2 Å². The molecule has 4 rings (SSSR count). The predicted octanol–water partition coefficient (Wildman–Crippen LogP) is 4.76. The summed E-state index contributed by atoms with van der Waals surface area (Å²) in [6, 6.07) is 0. The molecule has 0 saturated heterocycles. The maximum absolute atomic E-state index is 11.8. The molecule has 0 aromatic heterocycles. The van der Waals surface area contributed by atoms with Crippen LogP contribution in [-0.2, 0) is 4.79 Å². The van der Waals surface area contributed by atoms with Gasteiger partial charge in [0.15, 0.2) is 0 Å². The van der Waals surface area contributed by atoms with Gasteiger partial charge in [0.05, 0.1) is 0 Å². The van der Waals surface area contributed by atoms with E-state index in [2.05, 4.69) is 26.0 Å². The molecule has 0 aromatic carbocycles. The lowest BCUT2D eigenvalue weighted by Crippen LogP contribution is -2.52. The lowest BCUT2D eigenvalue weighted by Gasteiger charge is -2.59. The molecule has 3 saturated carbocycles. The highest BCUT2D eigenvalue weighted by Crippen LogP contribution is 2.64. The molecule has 0 bridgehead atoms. The Balaban J connectivity index is 1.64. The Morgan fingerprint density at radius 3 is 2.80 bits per heavy atom. The molecule has 3 fully saturated rings. The van der Waals surface area contributed by atoms with Gasteiger partial charge in [0.1, 0.15) is 5.78 Å². The van der Waals surface area contributed by atoms with Gasteiger partial charge in [0.25, 0.3) is 0 Å². The van der Waals surface area contributed by atoms with Gasteiger partial charge in [0, 0.05) is 12.8 Å². The average molecular weight is 272 g/mol. The largest absolute Gasteiger partial charge is 0.300 e. The number of hydrogen-bond acceptors (Lipinski definition) is 1. The molecular weight excluding hydrogens is 244 g/mol. The predicted molar refractivity (Wildman–Crippen MR) is 81.3 cm³/mol. The van der Waals surface area contributed by atoms with Gasteiger partial charge in [-0.2, -0.15) is 0 Å². The second-order valence-corrected chi connectivity index (χ2v) is 8.58. The van der Waals surface area contributed by atoms with E-state index in [0.29, 0.717) is 22.5 Å². The first-order chi connectivity index (χ1) is 9.53. The molecule has 1 nitrogen and oxygen atoms in total. The van der Waals surface area contributed by atoms with E-state index in [1.807, 2.05) is 0 Å². The topological polar surface area (TPSA) is 17.1 Å². The van der Waals surface area contributed by atoms with E-state index in [0.717, 1.165) is 30.6 Å². The summed E-state index contributed by atoms with van der Waals surface area (Å²) in [5, 5.41) is 0. The molecule has 0 spiro atoms. The summed E-state index contributed by atoms with van der Waals surface area (Å²) < 4.78 is 0. The summed E-state index contributed by atoms with van der Waals surface area (Å²) >= 11 is 0. The molecular formula is C19H28O. The molecule has 6 atom stereocenters. The van der Waals surface area contributed by atoms with Crippen LogP contribution in [0.2, 0.25) is 0 Å². The minimum atomic E-state index is 0.473. The monoisotopic (exact) mass is 272 g/mol. The molecule has 1 heteroatoms. The maximum atomic E-state index is 11.8. The van der Waals surface area contributed by atoms with Crippen molar-refractivity contribution < 1.29 is 4.79 Å². The van der Waals surface area contributed by atoms with Gasteiger partial charge in [-0.1, -0.05) is 26.0 Å². The molecule has 0 aliphatic heterocycles. The fourth-order valence-electron chi connectivity index (χ4n) is 6.53. The zero-order chi connectivity index (χ0) is 14.0. The van der Waals surface area contributed by atoms with Gasteiger partial charge in [-0.3, -0.25) is 4.79 Å². The number of allylic oxidation sites excluding steroid dienone is 2. The van der Waals surface area contributed by atoms with Gasteiger partial charge in [-0.25, -0.2) is 0 Å². The summed E-state index contributed by atoms with van der Waals surface area (Å²) in [5.74, 6) is 3.96. The van der Waals surface area contributed by atoms with Crippen molar-refractivity contribution in [3.63, 3.8) is 0 Å². The van der Waals surface area contributed by atoms with Crippen molar-refractivity contribution in [1.82, 2.24) is 0 Å². The zero-order valence-electron chi connectivity index (χ0n) is 13.0. The zero-order valence-corrected chi connectivity index (χ0v) is 13.0. The van der Waals surface area contributed by atoms with Crippen LogP contribution in [0, 0.1) is 34.5 Å². The number of Topliss-reactive ketones (excluding diaryl/α,β-unsaturated/α-hetero) is 1. The Hall–Kier alpha value is -0.590. The Bertz CT molecular complexity index is 464. The van der Waals surface area contributed by atoms with Crippen molar-refractivity contribution in [2.75, 3.05) is 0 Å². The van der Waals surface area contributed by atoms with Crippen molar-refractivity contribution in [2.45, 2.75) is 65.2 Å². The Labute approximate surface area is 123 Å².